The van der Waals surface area contributed by atoms with Crippen LogP contribution < -0.4 is 24.0 Å². The van der Waals surface area contributed by atoms with Gasteiger partial charge in [0, 0.05) is 17.5 Å². The summed E-state index contributed by atoms with van der Waals surface area (Å²) in [6.45, 7) is -3.29. The van der Waals surface area contributed by atoms with Gasteiger partial charge in [0.1, 0.15) is 28.4 Å². The third kappa shape index (κ3) is 9.94. The number of rotatable bonds is 14. The molecule has 43 heavy (non-hydrogen) atoms. The number of alkyl halides is 2. The Hall–Kier alpha value is -3.68. The molecule has 0 bridgehead atoms. The molecule has 0 unspecified atom stereocenters. The number of hydrogen-bond donors (Lipinski definition) is 1. The third-order valence-electron chi connectivity index (χ3n) is 6.14. The number of ether oxygens (including phenoxy) is 3. The van der Waals surface area contributed by atoms with Crippen molar-refractivity contribution in [3.05, 3.63) is 81.6 Å². The van der Waals surface area contributed by atoms with Gasteiger partial charge in [0.15, 0.2) is 23.9 Å². The van der Waals surface area contributed by atoms with Crippen LogP contribution >= 0.6 is 23.2 Å². The van der Waals surface area contributed by atoms with Crippen LogP contribution in [0.4, 0.5) is 8.78 Å². The Bertz CT molecular complexity index is 1550. The zero-order chi connectivity index (χ0) is 31.1. The Balaban J connectivity index is 1.51. The number of nitrogens with one attached hydrogen (secondary N) is 2. The Morgan fingerprint density at radius 1 is 1.05 bits per heavy atom. The molecule has 1 aromatic heterocycles. The molecule has 2 aromatic carbocycles. The van der Waals surface area contributed by atoms with Gasteiger partial charge in [0.05, 0.1) is 12.9 Å². The molecule has 4 rings (SSSR count). The van der Waals surface area contributed by atoms with Crippen LogP contribution in [0.1, 0.15) is 40.4 Å². The van der Waals surface area contributed by atoms with Crippen molar-refractivity contribution in [2.45, 2.75) is 32.0 Å². The minimum atomic E-state index is -3.74. The predicted octanol–water partition coefficient (Wildman–Crippen LogP) is 4.79. The van der Waals surface area contributed by atoms with Crippen molar-refractivity contribution in [1.29, 1.82) is 0 Å². The number of halogens is 4. The van der Waals surface area contributed by atoms with E-state index in [0.29, 0.717) is 23.7 Å². The van der Waals surface area contributed by atoms with Crippen molar-refractivity contribution in [2.24, 2.45) is 5.92 Å². The molecular formula is C28H27Cl2F2N2O8S+. The number of aromatic nitrogens is 1. The number of H-pyrrole nitrogens is 1. The fourth-order valence-electron chi connectivity index (χ4n) is 3.90. The summed E-state index contributed by atoms with van der Waals surface area (Å²) in [5.74, 6) is -1.23. The van der Waals surface area contributed by atoms with Gasteiger partial charge in [-0.15, -0.1) is 0 Å². The topological polar surface area (TPSA) is 131 Å². The number of pyridine rings is 1. The van der Waals surface area contributed by atoms with E-state index in [0.717, 1.165) is 19.1 Å². The van der Waals surface area contributed by atoms with Gasteiger partial charge in [-0.25, -0.2) is 4.98 Å². The monoisotopic (exact) mass is 659 g/mol. The number of benzene rings is 2. The van der Waals surface area contributed by atoms with Crippen LogP contribution in [0.25, 0.3) is 0 Å². The van der Waals surface area contributed by atoms with Crippen molar-refractivity contribution in [1.82, 2.24) is 5.32 Å². The Morgan fingerprint density at radius 3 is 2.33 bits per heavy atom. The van der Waals surface area contributed by atoms with Crippen molar-refractivity contribution >= 4 is 45.2 Å². The summed E-state index contributed by atoms with van der Waals surface area (Å²) in [5, 5.41) is 2.98. The maximum absolute atomic E-state index is 13.0. The van der Waals surface area contributed by atoms with Crippen molar-refractivity contribution in [2.75, 3.05) is 19.4 Å². The zero-order valence-electron chi connectivity index (χ0n) is 22.6. The lowest BCUT2D eigenvalue weighted by Crippen LogP contribution is -2.31. The first-order valence-electron chi connectivity index (χ1n) is 12.9. The number of amides is 1. The minimum absolute atomic E-state index is 0.00491. The van der Waals surface area contributed by atoms with E-state index in [4.69, 9.17) is 36.9 Å². The van der Waals surface area contributed by atoms with Crippen LogP contribution in [-0.4, -0.2) is 46.3 Å². The normalized spacial score (nSPS) is 13.7. The van der Waals surface area contributed by atoms with Gasteiger partial charge in [-0.1, -0.05) is 29.3 Å². The summed E-state index contributed by atoms with van der Waals surface area (Å²) in [6, 6.07) is 9.44. The molecule has 1 amide bonds. The van der Waals surface area contributed by atoms with Crippen molar-refractivity contribution in [3.63, 3.8) is 0 Å². The van der Waals surface area contributed by atoms with E-state index >= 15 is 0 Å². The molecule has 0 saturated heterocycles. The summed E-state index contributed by atoms with van der Waals surface area (Å²) in [6.07, 6.45) is 4.81. The first kappa shape index (κ1) is 32.2. The van der Waals surface area contributed by atoms with E-state index in [1.807, 2.05) is 0 Å². The van der Waals surface area contributed by atoms with Gasteiger partial charge in [-0.05, 0) is 60.7 Å². The number of carbonyl (C=O) groups is 2. The lowest BCUT2D eigenvalue weighted by Gasteiger charge is -2.21. The molecular weight excluding hydrogens is 633 g/mol. The van der Waals surface area contributed by atoms with E-state index in [2.05, 4.69) is 15.0 Å². The van der Waals surface area contributed by atoms with Crippen molar-refractivity contribution < 1.29 is 50.2 Å². The van der Waals surface area contributed by atoms with Gasteiger partial charge in [0.25, 0.3) is 5.91 Å². The SMILES string of the molecule is CS(=O)(=O)Oc1ccc(C(=O)NCC(=O)O[C@@H](Cc2c(Cl)c[nH+]cc2Cl)c2ccc(OC(F)F)c(OCC3CC3)c2)cc1. The maximum atomic E-state index is 13.0. The van der Waals surface area contributed by atoms with Crippen LogP contribution in [0.3, 0.4) is 0 Å². The Kier molecular flexibility index (Phi) is 10.6. The van der Waals surface area contributed by atoms with Crippen LogP contribution in [0.15, 0.2) is 54.9 Å². The molecule has 0 aliphatic heterocycles. The average molecular weight is 660 g/mol. The lowest BCUT2D eigenvalue weighted by molar-refractivity contribution is -0.377. The van der Waals surface area contributed by atoms with Gasteiger partial charge in [0.2, 0.25) is 0 Å². The van der Waals surface area contributed by atoms with Crippen molar-refractivity contribution in [3.8, 4) is 17.2 Å². The fraction of sp³-hybridized carbons (Fsp3) is 0.321. The highest BCUT2D eigenvalue weighted by molar-refractivity contribution is 7.86. The highest BCUT2D eigenvalue weighted by Crippen LogP contribution is 2.37. The van der Waals surface area contributed by atoms with Gasteiger partial charge < -0.3 is 23.7 Å². The molecule has 1 fully saturated rings. The van der Waals surface area contributed by atoms with E-state index < -0.39 is 41.3 Å². The van der Waals surface area contributed by atoms with Crippen LogP contribution in [0, 0.1) is 5.92 Å². The lowest BCUT2D eigenvalue weighted by atomic mass is 10.0. The molecule has 2 N–H and O–H groups in total. The van der Waals surface area contributed by atoms with Crippen LogP contribution in [0.2, 0.25) is 10.0 Å². The smallest absolute Gasteiger partial charge is 0.387 e. The Labute approximate surface area is 256 Å². The number of carbonyl (C=O) groups excluding carboxylic acids is 2. The van der Waals surface area contributed by atoms with Crippen LogP contribution in [0.5, 0.6) is 17.2 Å². The first-order valence-corrected chi connectivity index (χ1v) is 15.5. The Morgan fingerprint density at radius 2 is 1.72 bits per heavy atom. The summed E-state index contributed by atoms with van der Waals surface area (Å²) in [4.78, 5) is 28.3. The summed E-state index contributed by atoms with van der Waals surface area (Å²) < 4.78 is 69.4. The van der Waals surface area contributed by atoms with E-state index in [-0.39, 0.29) is 39.3 Å². The number of aromatic amines is 1. The number of esters is 1. The second-order valence-corrected chi connectivity index (χ2v) is 12.0. The number of hydrogen-bond acceptors (Lipinski definition) is 8. The molecule has 1 atom stereocenters. The average Bonchev–Trinajstić information content (AvgIpc) is 3.76. The highest BCUT2D eigenvalue weighted by atomic mass is 35.5. The van der Waals surface area contributed by atoms with Gasteiger partial charge >= 0.3 is 22.7 Å². The minimum Gasteiger partial charge on any atom is -0.489 e. The van der Waals surface area contributed by atoms with Crippen LogP contribution in [-0.2, 0) is 26.1 Å². The summed E-state index contributed by atoms with van der Waals surface area (Å²) in [7, 11) is -3.74. The van der Waals surface area contributed by atoms with Gasteiger partial charge in [-0.3, -0.25) is 9.59 Å². The molecule has 1 aliphatic carbocycles. The maximum Gasteiger partial charge on any atom is 0.387 e. The second-order valence-electron chi connectivity index (χ2n) is 9.65. The molecule has 15 heteroatoms. The summed E-state index contributed by atoms with van der Waals surface area (Å²) in [5.41, 5.74) is 0.971. The molecule has 1 aliphatic rings. The largest absolute Gasteiger partial charge is 0.489 e. The van der Waals surface area contributed by atoms with E-state index in [9.17, 15) is 26.8 Å². The molecule has 230 valence electrons. The van der Waals surface area contributed by atoms with E-state index in [1.165, 1.54) is 54.9 Å². The first-order chi connectivity index (χ1) is 20.4. The third-order valence-corrected chi connectivity index (χ3v) is 7.31. The predicted molar refractivity (Wildman–Crippen MR) is 151 cm³/mol. The summed E-state index contributed by atoms with van der Waals surface area (Å²) >= 11 is 12.7. The molecule has 1 saturated carbocycles. The molecule has 10 nitrogen and oxygen atoms in total. The molecule has 3 aromatic rings. The van der Waals surface area contributed by atoms with E-state index in [1.54, 1.807) is 0 Å². The molecule has 1 heterocycles. The fourth-order valence-corrected chi connectivity index (χ4v) is 4.89. The quantitative estimate of drug-likeness (QED) is 0.193. The second kappa shape index (κ2) is 14.2. The highest BCUT2D eigenvalue weighted by Gasteiger charge is 2.26. The molecule has 0 spiro atoms. The zero-order valence-corrected chi connectivity index (χ0v) is 25.0. The van der Waals surface area contributed by atoms with Gasteiger partial charge in [-0.2, -0.15) is 17.2 Å². The molecule has 0 radical (unpaired) electrons. The standard InChI is InChI=1S/C28H26Cl2F2N2O8S/c1-43(37,38)42-19-7-4-17(5-8-19)27(36)34-14-26(35)40-24(11-20-21(29)12-33-13-22(20)30)18-6-9-23(41-28(31)32)25(10-18)39-15-16-2-3-16/h4-10,12-13,16,24,28H,2-3,11,14-15H2,1H3,(H,34,36)/p+1/t24-/m0/s1.